The molecule has 2 nitrogen and oxygen atoms in total. The normalized spacial score (nSPS) is 23.0. The van der Waals surface area contributed by atoms with Crippen LogP contribution in [-0.2, 0) is 0 Å². The van der Waals surface area contributed by atoms with Crippen LogP contribution in [0.4, 0.5) is 5.69 Å². The summed E-state index contributed by atoms with van der Waals surface area (Å²) in [6.45, 7) is 9.21. The Kier molecular flexibility index (Phi) is 4.55. The summed E-state index contributed by atoms with van der Waals surface area (Å²) in [6.07, 6.45) is 1.27. The fourth-order valence-electron chi connectivity index (χ4n) is 4.40. The van der Waals surface area contributed by atoms with Crippen LogP contribution in [0.15, 0.2) is 52.3 Å². The number of hydrogen-bond donors (Lipinski definition) is 0. The first-order valence-corrected chi connectivity index (χ1v) is 10.2. The number of hydrogen-bond acceptors (Lipinski definition) is 3. The van der Waals surface area contributed by atoms with Crippen LogP contribution in [0.1, 0.15) is 37.3 Å². The van der Waals surface area contributed by atoms with E-state index in [1.54, 1.807) is 5.56 Å². The predicted molar refractivity (Wildman–Crippen MR) is 108 cm³/mol. The Morgan fingerprint density at radius 1 is 1.08 bits per heavy atom. The molecule has 1 unspecified atom stereocenters. The van der Waals surface area contributed by atoms with Gasteiger partial charge in [-0.1, -0.05) is 41.6 Å². The summed E-state index contributed by atoms with van der Waals surface area (Å²) < 4.78 is 0. The van der Waals surface area contributed by atoms with Gasteiger partial charge in [0.1, 0.15) is 0 Å². The summed E-state index contributed by atoms with van der Waals surface area (Å²) >= 11 is 1.90. The van der Waals surface area contributed by atoms with Crippen LogP contribution in [0.3, 0.4) is 0 Å². The lowest BCUT2D eigenvalue weighted by Crippen LogP contribution is -2.47. The van der Waals surface area contributed by atoms with Gasteiger partial charge in [0.25, 0.3) is 0 Å². The van der Waals surface area contributed by atoms with E-state index in [1.807, 2.05) is 11.8 Å². The van der Waals surface area contributed by atoms with Gasteiger partial charge in [-0.25, -0.2) is 0 Å². The van der Waals surface area contributed by atoms with Crippen molar-refractivity contribution in [2.24, 2.45) is 0 Å². The minimum absolute atomic E-state index is 0.639. The molecular weight excluding hydrogens is 324 g/mol. The molecule has 0 aliphatic carbocycles. The molecule has 2 aliphatic rings. The van der Waals surface area contributed by atoms with Crippen molar-refractivity contribution in [3.63, 3.8) is 0 Å². The van der Waals surface area contributed by atoms with Crippen molar-refractivity contribution in [3.05, 3.63) is 53.6 Å². The number of likely N-dealkylation sites (tertiary alicyclic amines) is 1. The second-order valence-electron chi connectivity index (χ2n) is 7.77. The molecule has 1 saturated heterocycles. The highest BCUT2D eigenvalue weighted by atomic mass is 32.2. The average Bonchev–Trinajstić information content (AvgIpc) is 2.90. The summed E-state index contributed by atoms with van der Waals surface area (Å²) in [6, 6.07) is 17.1. The molecule has 3 heteroatoms. The van der Waals surface area contributed by atoms with E-state index in [4.69, 9.17) is 0 Å². The van der Waals surface area contributed by atoms with Crippen LogP contribution in [0.2, 0.25) is 0 Å². The predicted octanol–water partition coefficient (Wildman–Crippen LogP) is 5.16. The quantitative estimate of drug-likeness (QED) is 0.753. The van der Waals surface area contributed by atoms with Crippen molar-refractivity contribution in [2.75, 3.05) is 25.0 Å². The van der Waals surface area contributed by atoms with E-state index < -0.39 is 0 Å². The molecule has 0 amide bonds. The third-order valence-electron chi connectivity index (χ3n) is 5.87. The minimum atomic E-state index is 0.639. The molecule has 2 aliphatic heterocycles. The van der Waals surface area contributed by atoms with Gasteiger partial charge in [-0.3, -0.25) is 0 Å². The Morgan fingerprint density at radius 2 is 1.84 bits per heavy atom. The van der Waals surface area contributed by atoms with Crippen molar-refractivity contribution in [2.45, 2.75) is 55.0 Å². The summed E-state index contributed by atoms with van der Waals surface area (Å²) in [4.78, 5) is 7.93. The van der Waals surface area contributed by atoms with E-state index in [9.17, 15) is 0 Å². The largest absolute Gasteiger partial charge is 0.370 e. The number of aryl methyl sites for hydroxylation is 1. The molecule has 0 spiro atoms. The minimum Gasteiger partial charge on any atom is -0.370 e. The van der Waals surface area contributed by atoms with Crippen LogP contribution in [0.25, 0.3) is 0 Å². The zero-order chi connectivity index (χ0) is 17.6. The van der Waals surface area contributed by atoms with Crippen LogP contribution in [-0.4, -0.2) is 37.1 Å². The molecule has 0 bridgehead atoms. The summed E-state index contributed by atoms with van der Waals surface area (Å²) in [5.74, 6) is 0.648. The highest BCUT2D eigenvalue weighted by Crippen LogP contribution is 2.49. The molecule has 2 heterocycles. The van der Waals surface area contributed by atoms with Crippen molar-refractivity contribution in [1.29, 1.82) is 0 Å². The van der Waals surface area contributed by atoms with Gasteiger partial charge in [-0.05, 0) is 51.0 Å². The smallest absolute Gasteiger partial charge is 0.0544 e. The molecule has 0 N–H and O–H groups in total. The zero-order valence-electron chi connectivity index (χ0n) is 15.7. The van der Waals surface area contributed by atoms with Gasteiger partial charge in [0.15, 0.2) is 0 Å². The van der Waals surface area contributed by atoms with Gasteiger partial charge in [0.2, 0.25) is 0 Å². The van der Waals surface area contributed by atoms with Crippen LogP contribution in [0.5, 0.6) is 0 Å². The van der Waals surface area contributed by atoms with Gasteiger partial charge in [0, 0.05) is 47.9 Å². The number of benzene rings is 2. The lowest BCUT2D eigenvalue weighted by molar-refractivity contribution is 0.158. The first kappa shape index (κ1) is 17.0. The van der Waals surface area contributed by atoms with Gasteiger partial charge in [-0.15, -0.1) is 0 Å². The Morgan fingerprint density at radius 3 is 2.56 bits per heavy atom. The Hall–Kier alpha value is -1.45. The lowest BCUT2D eigenvalue weighted by Gasteiger charge is -2.39. The third kappa shape index (κ3) is 3.09. The van der Waals surface area contributed by atoms with Gasteiger partial charge >= 0.3 is 0 Å². The molecule has 0 radical (unpaired) electrons. The maximum Gasteiger partial charge on any atom is 0.0544 e. The number of nitrogens with zero attached hydrogens (tertiary/aromatic N) is 2. The van der Waals surface area contributed by atoms with E-state index in [0.717, 1.165) is 0 Å². The molecule has 4 rings (SSSR count). The number of piperidine rings is 1. The topological polar surface area (TPSA) is 6.48 Å². The number of anilines is 1. The second-order valence-corrected chi connectivity index (χ2v) is 8.89. The second kappa shape index (κ2) is 6.69. The summed E-state index contributed by atoms with van der Waals surface area (Å²) in [7, 11) is 2.30. The van der Waals surface area contributed by atoms with Crippen LogP contribution >= 0.6 is 11.8 Å². The molecule has 2 aromatic carbocycles. The Labute approximate surface area is 156 Å². The molecule has 132 valence electrons. The Balaban J connectivity index is 1.66. The van der Waals surface area contributed by atoms with Gasteiger partial charge < -0.3 is 9.80 Å². The SMILES string of the molecule is Cc1ccc(Sc2cccc3c2N(C)[C@H]2CCN(C(C)C)CC32)cc1. The molecule has 1 fully saturated rings. The molecule has 25 heavy (non-hydrogen) atoms. The molecular formula is C22H28N2S. The highest BCUT2D eigenvalue weighted by molar-refractivity contribution is 7.99. The van der Waals surface area contributed by atoms with Crippen molar-refractivity contribution < 1.29 is 0 Å². The van der Waals surface area contributed by atoms with Crippen molar-refractivity contribution in [3.8, 4) is 0 Å². The molecule has 2 aromatic rings. The van der Waals surface area contributed by atoms with E-state index in [0.29, 0.717) is 18.0 Å². The Bertz CT molecular complexity index is 753. The van der Waals surface area contributed by atoms with E-state index in [2.05, 4.69) is 80.1 Å². The molecule has 0 saturated carbocycles. The fourth-order valence-corrected chi connectivity index (χ4v) is 5.43. The molecule has 2 atom stereocenters. The number of likely N-dealkylation sites (N-methyl/N-ethyl adjacent to an activating group) is 1. The zero-order valence-corrected chi connectivity index (χ0v) is 16.5. The summed E-state index contributed by atoms with van der Waals surface area (Å²) in [5, 5.41) is 0. The van der Waals surface area contributed by atoms with Gasteiger partial charge in [0.05, 0.1) is 5.69 Å². The van der Waals surface area contributed by atoms with Crippen LogP contribution < -0.4 is 4.90 Å². The summed E-state index contributed by atoms with van der Waals surface area (Å²) in [5.41, 5.74) is 4.34. The third-order valence-corrected chi connectivity index (χ3v) is 6.92. The lowest BCUT2D eigenvalue weighted by atomic mass is 9.88. The number of fused-ring (bicyclic) bond motifs is 3. The molecule has 0 aromatic heterocycles. The van der Waals surface area contributed by atoms with E-state index >= 15 is 0 Å². The van der Waals surface area contributed by atoms with Gasteiger partial charge in [-0.2, -0.15) is 0 Å². The number of para-hydroxylation sites is 1. The highest BCUT2D eigenvalue weighted by Gasteiger charge is 2.41. The maximum absolute atomic E-state index is 2.64. The number of rotatable bonds is 3. The standard InChI is InChI=1S/C22H28N2S/c1-15(2)24-13-12-20-19(14-24)18-6-5-7-21(22(18)23(20)4)25-17-10-8-16(3)9-11-17/h5-11,15,19-20H,12-14H2,1-4H3/t19?,20-/m0/s1. The van der Waals surface area contributed by atoms with E-state index in [1.165, 1.54) is 40.6 Å². The first-order chi connectivity index (χ1) is 12.0. The first-order valence-electron chi connectivity index (χ1n) is 9.39. The monoisotopic (exact) mass is 352 g/mol. The van der Waals surface area contributed by atoms with E-state index in [-0.39, 0.29) is 0 Å². The van der Waals surface area contributed by atoms with Crippen LogP contribution in [0, 0.1) is 6.92 Å². The fraction of sp³-hybridized carbons (Fsp3) is 0.455. The van der Waals surface area contributed by atoms with Crippen molar-refractivity contribution in [1.82, 2.24) is 4.90 Å². The average molecular weight is 353 g/mol. The maximum atomic E-state index is 2.64. The van der Waals surface area contributed by atoms with Crippen molar-refractivity contribution >= 4 is 17.4 Å².